The molecule has 2 aromatic rings. The largest absolute Gasteiger partial charge is 0.367 e. The third kappa shape index (κ3) is 4.20. The van der Waals surface area contributed by atoms with E-state index in [1.807, 2.05) is 12.1 Å². The highest BCUT2D eigenvalue weighted by molar-refractivity contribution is 6.04. The molecule has 0 radical (unpaired) electrons. The standard InChI is InChI=1S/C26H33N3O/c1-5-25(30)22-10-9-19(2)24(17-22)28(4)26(13-14-26)18-29-15-11-21(12-16-29)23-8-6-7-20(3)27-23/h5-10,17,21H,1,11-16,18H2,2-4H3. The third-order valence-electron chi connectivity index (χ3n) is 7.01. The number of carbonyl (C=O) groups excluding carboxylic acids is 1. The lowest BCUT2D eigenvalue weighted by atomic mass is 9.92. The van der Waals surface area contributed by atoms with Crippen molar-refractivity contribution in [1.82, 2.24) is 9.88 Å². The van der Waals surface area contributed by atoms with Crippen LogP contribution in [0.25, 0.3) is 0 Å². The highest BCUT2D eigenvalue weighted by Crippen LogP contribution is 2.45. The molecule has 1 saturated carbocycles. The second-order valence-electron chi connectivity index (χ2n) is 9.11. The number of pyridine rings is 1. The normalized spacial score (nSPS) is 18.8. The van der Waals surface area contributed by atoms with Gasteiger partial charge < -0.3 is 9.80 Å². The van der Waals surface area contributed by atoms with E-state index in [4.69, 9.17) is 4.98 Å². The quantitative estimate of drug-likeness (QED) is 0.486. The van der Waals surface area contributed by atoms with Crippen LogP contribution < -0.4 is 4.90 Å². The van der Waals surface area contributed by atoms with Crippen molar-refractivity contribution >= 4 is 11.5 Å². The first kappa shape index (κ1) is 20.8. The van der Waals surface area contributed by atoms with E-state index >= 15 is 0 Å². The first-order valence-electron chi connectivity index (χ1n) is 11.1. The number of likely N-dealkylation sites (N-methyl/N-ethyl adjacent to an activating group) is 1. The van der Waals surface area contributed by atoms with Gasteiger partial charge in [0.1, 0.15) is 0 Å². The van der Waals surface area contributed by atoms with Crippen LogP contribution in [0.3, 0.4) is 0 Å². The molecular formula is C26H33N3O. The van der Waals surface area contributed by atoms with Gasteiger partial charge in [-0.25, -0.2) is 0 Å². The molecule has 1 saturated heterocycles. The molecule has 4 nitrogen and oxygen atoms in total. The minimum Gasteiger partial charge on any atom is -0.367 e. The summed E-state index contributed by atoms with van der Waals surface area (Å²) < 4.78 is 0. The smallest absolute Gasteiger partial charge is 0.185 e. The Balaban J connectivity index is 1.42. The van der Waals surface area contributed by atoms with Crippen molar-refractivity contribution in [1.29, 1.82) is 0 Å². The Morgan fingerprint density at radius 1 is 1.23 bits per heavy atom. The number of anilines is 1. The molecule has 0 spiro atoms. The summed E-state index contributed by atoms with van der Waals surface area (Å²) in [7, 11) is 2.20. The van der Waals surface area contributed by atoms with E-state index in [0.29, 0.717) is 5.92 Å². The number of piperidine rings is 1. The van der Waals surface area contributed by atoms with E-state index < -0.39 is 0 Å². The van der Waals surface area contributed by atoms with Crippen LogP contribution in [0, 0.1) is 13.8 Å². The summed E-state index contributed by atoms with van der Waals surface area (Å²) in [6.07, 6.45) is 6.18. The van der Waals surface area contributed by atoms with Gasteiger partial charge in [-0.15, -0.1) is 0 Å². The number of aryl methyl sites for hydroxylation is 2. The Bertz CT molecular complexity index is 939. The van der Waals surface area contributed by atoms with Gasteiger partial charge in [0.15, 0.2) is 5.78 Å². The zero-order chi connectivity index (χ0) is 21.3. The van der Waals surface area contributed by atoms with Crippen LogP contribution in [0.15, 0.2) is 49.1 Å². The number of rotatable bonds is 7. The SMILES string of the molecule is C=CC(=O)c1ccc(C)c(N(C)C2(CN3CCC(c4cccc(C)n4)CC3)CC2)c1. The van der Waals surface area contributed by atoms with Gasteiger partial charge in [-0.1, -0.05) is 24.8 Å². The summed E-state index contributed by atoms with van der Waals surface area (Å²) in [6, 6.07) is 12.4. The first-order valence-corrected chi connectivity index (χ1v) is 11.1. The predicted octanol–water partition coefficient (Wildman–Crippen LogP) is 4.92. The van der Waals surface area contributed by atoms with Gasteiger partial charge in [-0.2, -0.15) is 0 Å². The average molecular weight is 404 g/mol. The summed E-state index contributed by atoms with van der Waals surface area (Å²) in [6.45, 7) is 11.2. The third-order valence-corrected chi connectivity index (χ3v) is 7.01. The van der Waals surface area contributed by atoms with Gasteiger partial charge in [0.25, 0.3) is 0 Å². The number of likely N-dealkylation sites (tertiary alicyclic amines) is 1. The van der Waals surface area contributed by atoms with Crippen molar-refractivity contribution < 1.29 is 4.79 Å². The molecule has 4 rings (SSSR count). The number of aromatic nitrogens is 1. The first-order chi connectivity index (χ1) is 14.4. The molecule has 0 unspecified atom stereocenters. The molecule has 1 aliphatic heterocycles. The molecular weight excluding hydrogens is 370 g/mol. The van der Waals surface area contributed by atoms with Gasteiger partial charge in [0.2, 0.25) is 0 Å². The summed E-state index contributed by atoms with van der Waals surface area (Å²) in [5, 5.41) is 0. The summed E-state index contributed by atoms with van der Waals surface area (Å²) in [4.78, 5) is 21.9. The Hall–Kier alpha value is -2.46. The van der Waals surface area contributed by atoms with Crippen LogP contribution in [0.2, 0.25) is 0 Å². The number of carbonyl (C=O) groups is 1. The number of benzene rings is 1. The van der Waals surface area contributed by atoms with Crippen LogP contribution >= 0.6 is 0 Å². The predicted molar refractivity (Wildman–Crippen MR) is 123 cm³/mol. The summed E-state index contributed by atoms with van der Waals surface area (Å²) >= 11 is 0. The van der Waals surface area contributed by atoms with E-state index in [1.54, 1.807) is 0 Å². The molecule has 1 aromatic carbocycles. The van der Waals surface area contributed by atoms with Crippen molar-refractivity contribution in [3.05, 3.63) is 71.6 Å². The maximum absolute atomic E-state index is 12.1. The molecule has 158 valence electrons. The Kier molecular flexibility index (Phi) is 5.79. The minimum absolute atomic E-state index is 0.0127. The number of nitrogens with zero attached hydrogens (tertiary/aromatic N) is 3. The Labute approximate surface area is 180 Å². The number of hydrogen-bond donors (Lipinski definition) is 0. The molecule has 2 fully saturated rings. The number of allylic oxidation sites excluding steroid dienone is 1. The lowest BCUT2D eigenvalue weighted by Crippen LogP contribution is -2.47. The van der Waals surface area contributed by atoms with E-state index in [2.05, 4.69) is 61.5 Å². The highest BCUT2D eigenvalue weighted by Gasteiger charge is 2.48. The highest BCUT2D eigenvalue weighted by atomic mass is 16.1. The fourth-order valence-corrected chi connectivity index (χ4v) is 4.84. The molecule has 0 bridgehead atoms. The number of ketones is 1. The van der Waals surface area contributed by atoms with Crippen LogP contribution in [0.4, 0.5) is 5.69 Å². The van der Waals surface area contributed by atoms with Crippen molar-refractivity contribution in [2.45, 2.75) is 51.0 Å². The van der Waals surface area contributed by atoms with Gasteiger partial charge in [-0.05, 0) is 82.5 Å². The average Bonchev–Trinajstić information content (AvgIpc) is 3.54. The van der Waals surface area contributed by atoms with Crippen LogP contribution in [-0.2, 0) is 0 Å². The van der Waals surface area contributed by atoms with Crippen LogP contribution in [0.1, 0.15) is 58.9 Å². The molecule has 1 aromatic heterocycles. The fraction of sp³-hybridized carbons (Fsp3) is 0.462. The Morgan fingerprint density at radius 2 is 1.97 bits per heavy atom. The molecule has 0 N–H and O–H groups in total. The molecule has 0 atom stereocenters. The molecule has 2 aliphatic rings. The van der Waals surface area contributed by atoms with E-state index in [1.165, 1.54) is 48.7 Å². The zero-order valence-corrected chi connectivity index (χ0v) is 18.5. The van der Waals surface area contributed by atoms with E-state index in [0.717, 1.165) is 30.9 Å². The molecule has 4 heteroatoms. The number of hydrogen-bond acceptors (Lipinski definition) is 4. The van der Waals surface area contributed by atoms with E-state index in [9.17, 15) is 4.79 Å². The lowest BCUT2D eigenvalue weighted by molar-refractivity contribution is 0.104. The molecule has 0 amide bonds. The molecule has 1 aliphatic carbocycles. The summed E-state index contributed by atoms with van der Waals surface area (Å²) in [5.74, 6) is 0.569. The van der Waals surface area contributed by atoms with Gasteiger partial charge in [-0.3, -0.25) is 9.78 Å². The summed E-state index contributed by atoms with van der Waals surface area (Å²) in [5.41, 5.74) is 5.66. The van der Waals surface area contributed by atoms with Gasteiger partial charge in [0, 0.05) is 42.1 Å². The molecule has 30 heavy (non-hydrogen) atoms. The molecule has 2 heterocycles. The van der Waals surface area contributed by atoms with Crippen molar-refractivity contribution in [3.8, 4) is 0 Å². The maximum Gasteiger partial charge on any atom is 0.185 e. The van der Waals surface area contributed by atoms with Crippen LogP contribution in [0.5, 0.6) is 0 Å². The monoisotopic (exact) mass is 403 g/mol. The van der Waals surface area contributed by atoms with Gasteiger partial charge in [0.05, 0.1) is 5.54 Å². The van der Waals surface area contributed by atoms with Crippen molar-refractivity contribution in [2.24, 2.45) is 0 Å². The van der Waals surface area contributed by atoms with Crippen molar-refractivity contribution in [2.75, 3.05) is 31.6 Å². The fourth-order valence-electron chi connectivity index (χ4n) is 4.84. The topological polar surface area (TPSA) is 36.4 Å². The van der Waals surface area contributed by atoms with Gasteiger partial charge >= 0.3 is 0 Å². The van der Waals surface area contributed by atoms with Crippen molar-refractivity contribution in [3.63, 3.8) is 0 Å². The Morgan fingerprint density at radius 3 is 2.60 bits per heavy atom. The van der Waals surface area contributed by atoms with E-state index in [-0.39, 0.29) is 11.3 Å². The minimum atomic E-state index is -0.0127. The van der Waals surface area contributed by atoms with Crippen LogP contribution in [-0.4, -0.2) is 47.9 Å². The zero-order valence-electron chi connectivity index (χ0n) is 18.5. The lowest BCUT2D eigenvalue weighted by Gasteiger charge is -2.39. The maximum atomic E-state index is 12.1. The second kappa shape index (κ2) is 8.35. The second-order valence-corrected chi connectivity index (χ2v) is 9.11.